The van der Waals surface area contributed by atoms with Gasteiger partial charge >= 0.3 is 0 Å². The lowest BCUT2D eigenvalue weighted by atomic mass is 10.1. The molecule has 0 saturated heterocycles. The molecule has 0 aliphatic rings. The Balaban J connectivity index is 1.45. The fourth-order valence-corrected chi connectivity index (χ4v) is 2.83. The second-order valence-corrected chi connectivity index (χ2v) is 6.40. The van der Waals surface area contributed by atoms with E-state index < -0.39 is 0 Å². The van der Waals surface area contributed by atoms with E-state index >= 15 is 0 Å². The van der Waals surface area contributed by atoms with Crippen LogP contribution in [0.4, 0.5) is 0 Å². The van der Waals surface area contributed by atoms with Gasteiger partial charge in [-0.25, -0.2) is 4.98 Å². The minimum atomic E-state index is -0.0139. The molecule has 0 aliphatic carbocycles. The first-order valence-corrected chi connectivity index (χ1v) is 9.06. The molecule has 0 fully saturated rings. The first-order chi connectivity index (χ1) is 13.2. The smallest absolute Gasteiger partial charge is 0.220 e. The number of ether oxygens (including phenoxy) is 1. The van der Waals surface area contributed by atoms with Crippen molar-refractivity contribution < 1.29 is 13.9 Å². The highest BCUT2D eigenvalue weighted by molar-refractivity contribution is 5.76. The third-order valence-electron chi connectivity index (χ3n) is 4.36. The molecule has 3 aromatic rings. The Morgan fingerprint density at radius 1 is 1.11 bits per heavy atom. The largest absolute Gasteiger partial charge is 0.496 e. The summed E-state index contributed by atoms with van der Waals surface area (Å²) >= 11 is 0. The van der Waals surface area contributed by atoms with Crippen LogP contribution in [0.5, 0.6) is 5.75 Å². The lowest BCUT2D eigenvalue weighted by molar-refractivity contribution is -0.121. The van der Waals surface area contributed by atoms with Crippen LogP contribution in [0.25, 0.3) is 11.3 Å². The van der Waals surface area contributed by atoms with Gasteiger partial charge in [-0.3, -0.25) is 4.79 Å². The maximum absolute atomic E-state index is 12.1. The molecule has 0 atom stereocenters. The molecule has 27 heavy (non-hydrogen) atoms. The number of amides is 1. The van der Waals surface area contributed by atoms with E-state index in [1.54, 1.807) is 13.3 Å². The van der Waals surface area contributed by atoms with Gasteiger partial charge in [-0.2, -0.15) is 0 Å². The number of para-hydroxylation sites is 1. The number of aromatic nitrogens is 1. The van der Waals surface area contributed by atoms with Gasteiger partial charge in [0.1, 0.15) is 5.75 Å². The number of nitrogens with one attached hydrogen (secondary N) is 1. The van der Waals surface area contributed by atoms with Gasteiger partial charge in [-0.15, -0.1) is 0 Å². The molecule has 0 spiro atoms. The Hall–Kier alpha value is -3.08. The van der Waals surface area contributed by atoms with E-state index in [2.05, 4.69) is 10.3 Å². The molecule has 5 heteroatoms. The highest BCUT2D eigenvalue weighted by atomic mass is 16.5. The predicted molar refractivity (Wildman–Crippen MR) is 105 cm³/mol. The van der Waals surface area contributed by atoms with Gasteiger partial charge < -0.3 is 14.5 Å². The third kappa shape index (κ3) is 5.20. The average molecular weight is 364 g/mol. The number of benzene rings is 2. The van der Waals surface area contributed by atoms with Crippen LogP contribution in [0.1, 0.15) is 23.4 Å². The van der Waals surface area contributed by atoms with Crippen LogP contribution < -0.4 is 10.1 Å². The maximum Gasteiger partial charge on any atom is 0.220 e. The fraction of sp³-hybridized carbons (Fsp3) is 0.273. The third-order valence-corrected chi connectivity index (χ3v) is 4.36. The van der Waals surface area contributed by atoms with Crippen molar-refractivity contribution in [3.63, 3.8) is 0 Å². The Morgan fingerprint density at radius 2 is 1.89 bits per heavy atom. The van der Waals surface area contributed by atoms with E-state index in [9.17, 15) is 4.79 Å². The molecule has 0 bridgehead atoms. The molecule has 5 nitrogen and oxygen atoms in total. The molecule has 1 aromatic heterocycles. The quantitative estimate of drug-likeness (QED) is 0.657. The molecule has 2 aromatic carbocycles. The van der Waals surface area contributed by atoms with Gasteiger partial charge in [-0.05, 0) is 25.0 Å². The number of aryl methyl sites for hydroxylation is 2. The lowest BCUT2D eigenvalue weighted by Crippen LogP contribution is -2.26. The molecule has 140 valence electrons. The zero-order valence-electron chi connectivity index (χ0n) is 15.7. The van der Waals surface area contributed by atoms with E-state index in [0.717, 1.165) is 29.1 Å². The second-order valence-electron chi connectivity index (χ2n) is 6.40. The fourth-order valence-electron chi connectivity index (χ4n) is 2.83. The van der Waals surface area contributed by atoms with Gasteiger partial charge in [0.25, 0.3) is 0 Å². The summed E-state index contributed by atoms with van der Waals surface area (Å²) < 4.78 is 11.1. The minimum absolute atomic E-state index is 0.0139. The highest BCUT2D eigenvalue weighted by Gasteiger charge is 2.09. The molecule has 0 unspecified atom stereocenters. The summed E-state index contributed by atoms with van der Waals surface area (Å²) in [4.78, 5) is 16.3. The predicted octanol–water partition coefficient (Wildman–Crippen LogP) is 3.95. The number of methoxy groups -OCH3 is 1. The van der Waals surface area contributed by atoms with E-state index in [1.165, 1.54) is 5.56 Å². The number of hydrogen-bond donors (Lipinski definition) is 1. The van der Waals surface area contributed by atoms with Crippen molar-refractivity contribution in [2.24, 2.45) is 0 Å². The van der Waals surface area contributed by atoms with Gasteiger partial charge in [0.2, 0.25) is 5.91 Å². The van der Waals surface area contributed by atoms with Crippen molar-refractivity contribution in [3.05, 3.63) is 71.7 Å². The summed E-state index contributed by atoms with van der Waals surface area (Å²) in [6, 6.07) is 15.9. The molecular formula is C22H24N2O3. The maximum atomic E-state index is 12.1. The Kier molecular flexibility index (Phi) is 6.26. The summed E-state index contributed by atoms with van der Waals surface area (Å²) in [6.45, 7) is 2.61. The van der Waals surface area contributed by atoms with Crippen LogP contribution in [-0.2, 0) is 17.6 Å². The van der Waals surface area contributed by atoms with Crippen LogP contribution in [-0.4, -0.2) is 24.5 Å². The summed E-state index contributed by atoms with van der Waals surface area (Å²) in [5, 5.41) is 2.93. The van der Waals surface area contributed by atoms with Crippen molar-refractivity contribution in [1.82, 2.24) is 10.3 Å². The summed E-state index contributed by atoms with van der Waals surface area (Å²) in [5.74, 6) is 2.13. The van der Waals surface area contributed by atoms with Gasteiger partial charge in [0.15, 0.2) is 11.7 Å². The van der Waals surface area contributed by atoms with Crippen molar-refractivity contribution in [2.45, 2.75) is 26.2 Å². The highest BCUT2D eigenvalue weighted by Crippen LogP contribution is 2.21. The second kappa shape index (κ2) is 9.03. The number of nitrogens with zero attached hydrogens (tertiary/aromatic N) is 1. The average Bonchev–Trinajstić information content (AvgIpc) is 3.16. The van der Waals surface area contributed by atoms with Gasteiger partial charge in [-0.1, -0.05) is 48.0 Å². The zero-order chi connectivity index (χ0) is 19.1. The number of hydrogen-bond acceptors (Lipinski definition) is 4. The van der Waals surface area contributed by atoms with Crippen molar-refractivity contribution in [2.75, 3.05) is 13.7 Å². The number of carbonyl (C=O) groups excluding carboxylic acids is 1. The van der Waals surface area contributed by atoms with E-state index in [0.29, 0.717) is 25.3 Å². The van der Waals surface area contributed by atoms with Crippen molar-refractivity contribution in [1.29, 1.82) is 0 Å². The van der Waals surface area contributed by atoms with Crippen molar-refractivity contribution in [3.8, 4) is 17.1 Å². The first-order valence-electron chi connectivity index (χ1n) is 9.06. The number of oxazole rings is 1. The van der Waals surface area contributed by atoms with Crippen LogP contribution in [0, 0.1) is 6.92 Å². The van der Waals surface area contributed by atoms with E-state index in [-0.39, 0.29) is 5.91 Å². The zero-order valence-corrected chi connectivity index (χ0v) is 15.7. The summed E-state index contributed by atoms with van der Waals surface area (Å²) in [5.41, 5.74) is 3.26. The minimum Gasteiger partial charge on any atom is -0.496 e. The molecule has 0 aliphatic heterocycles. The van der Waals surface area contributed by atoms with E-state index in [1.807, 2.05) is 55.5 Å². The number of rotatable bonds is 8. The van der Waals surface area contributed by atoms with E-state index in [4.69, 9.17) is 9.15 Å². The molecule has 0 radical (unpaired) electrons. The SMILES string of the molecule is COc1ccccc1CCNC(=O)CCc1ncc(-c2ccc(C)cc2)o1. The van der Waals surface area contributed by atoms with Gasteiger partial charge in [0, 0.05) is 24.9 Å². The standard InChI is InChI=1S/C22H24N2O3/c1-16-7-9-18(10-8-16)20-15-24-22(27-20)12-11-21(25)23-14-13-17-5-3-4-6-19(17)26-2/h3-10,15H,11-14H2,1-2H3,(H,23,25). The van der Waals surface area contributed by atoms with Crippen molar-refractivity contribution >= 4 is 5.91 Å². The summed E-state index contributed by atoms with van der Waals surface area (Å²) in [7, 11) is 1.65. The van der Waals surface area contributed by atoms with Crippen LogP contribution >= 0.6 is 0 Å². The molecular weight excluding hydrogens is 340 g/mol. The van der Waals surface area contributed by atoms with Crippen LogP contribution in [0.15, 0.2) is 59.1 Å². The molecule has 0 saturated carbocycles. The summed E-state index contributed by atoms with van der Waals surface area (Å²) in [6.07, 6.45) is 3.26. The molecule has 3 rings (SSSR count). The van der Waals surface area contributed by atoms with Crippen LogP contribution in [0.3, 0.4) is 0 Å². The topological polar surface area (TPSA) is 64.4 Å². The Bertz CT molecular complexity index is 885. The molecule has 1 N–H and O–H groups in total. The monoisotopic (exact) mass is 364 g/mol. The first kappa shape index (κ1) is 18.7. The van der Waals surface area contributed by atoms with Crippen LogP contribution in [0.2, 0.25) is 0 Å². The number of carbonyl (C=O) groups is 1. The van der Waals surface area contributed by atoms with Gasteiger partial charge in [0.05, 0.1) is 13.3 Å². The Labute approximate surface area is 159 Å². The normalized spacial score (nSPS) is 10.6. The Morgan fingerprint density at radius 3 is 2.67 bits per heavy atom. The lowest BCUT2D eigenvalue weighted by Gasteiger charge is -2.08. The molecule has 1 amide bonds. The molecule has 1 heterocycles.